The van der Waals surface area contributed by atoms with Crippen molar-refractivity contribution in [1.82, 2.24) is 5.32 Å². The second-order valence-corrected chi connectivity index (χ2v) is 5.21. The molecule has 0 saturated heterocycles. The van der Waals surface area contributed by atoms with E-state index in [-0.39, 0.29) is 13.2 Å². The second-order valence-electron chi connectivity index (χ2n) is 5.21. The highest BCUT2D eigenvalue weighted by molar-refractivity contribution is 5.92. The monoisotopic (exact) mass is 341 g/mol. The lowest BCUT2D eigenvalue weighted by atomic mass is 10.2. The average Bonchev–Trinajstić information content (AvgIpc) is 2.66. The Hall–Kier alpha value is -3.15. The molecule has 0 radical (unpaired) electrons. The van der Waals surface area contributed by atoms with E-state index in [0.717, 1.165) is 0 Å². The Labute approximate surface area is 145 Å². The van der Waals surface area contributed by atoms with E-state index in [4.69, 9.17) is 9.47 Å². The van der Waals surface area contributed by atoms with Crippen LogP contribution in [0.2, 0.25) is 0 Å². The van der Waals surface area contributed by atoms with Gasteiger partial charge in [-0.05, 0) is 31.2 Å². The van der Waals surface area contributed by atoms with Gasteiger partial charge in [-0.15, -0.1) is 0 Å². The summed E-state index contributed by atoms with van der Waals surface area (Å²) >= 11 is 0. The molecule has 1 atom stereocenters. The van der Waals surface area contributed by atoms with Crippen LogP contribution >= 0.6 is 0 Å². The van der Waals surface area contributed by atoms with Crippen molar-refractivity contribution in [3.05, 3.63) is 71.8 Å². The quantitative estimate of drug-likeness (QED) is 0.617. The van der Waals surface area contributed by atoms with Crippen molar-refractivity contribution in [3.63, 3.8) is 0 Å². The molecule has 2 aromatic rings. The van der Waals surface area contributed by atoms with Crippen molar-refractivity contribution in [2.24, 2.45) is 0 Å². The topological polar surface area (TPSA) is 81.7 Å². The van der Waals surface area contributed by atoms with Crippen molar-refractivity contribution < 1.29 is 23.9 Å². The van der Waals surface area contributed by atoms with Gasteiger partial charge in [0.05, 0.1) is 17.7 Å². The molecule has 6 heteroatoms. The summed E-state index contributed by atoms with van der Waals surface area (Å²) in [5, 5.41) is 2.55. The molecule has 1 unspecified atom stereocenters. The first-order valence-corrected chi connectivity index (χ1v) is 7.84. The maximum Gasteiger partial charge on any atom is 0.338 e. The number of amides is 1. The van der Waals surface area contributed by atoms with Crippen LogP contribution in [0.15, 0.2) is 60.7 Å². The first-order chi connectivity index (χ1) is 12.1. The fourth-order valence-corrected chi connectivity index (χ4v) is 1.98. The lowest BCUT2D eigenvalue weighted by molar-refractivity contribution is -0.129. The van der Waals surface area contributed by atoms with Gasteiger partial charge in [-0.1, -0.05) is 36.4 Å². The highest BCUT2D eigenvalue weighted by Crippen LogP contribution is 2.04. The molecule has 0 aliphatic carbocycles. The average molecular weight is 341 g/mol. The zero-order chi connectivity index (χ0) is 18.1. The molecule has 0 aliphatic rings. The molecule has 0 heterocycles. The van der Waals surface area contributed by atoms with Crippen LogP contribution in [-0.2, 0) is 14.3 Å². The van der Waals surface area contributed by atoms with E-state index in [2.05, 4.69) is 5.32 Å². The predicted octanol–water partition coefficient (Wildman–Crippen LogP) is 2.21. The molecule has 6 nitrogen and oxygen atoms in total. The van der Waals surface area contributed by atoms with Gasteiger partial charge in [0.15, 0.2) is 6.10 Å². The van der Waals surface area contributed by atoms with Crippen LogP contribution in [0.3, 0.4) is 0 Å². The molecule has 0 fully saturated rings. The number of carbonyl (C=O) groups excluding carboxylic acids is 3. The number of hydrogen-bond acceptors (Lipinski definition) is 5. The number of carbonyl (C=O) groups is 3. The molecule has 0 saturated carbocycles. The molecule has 25 heavy (non-hydrogen) atoms. The number of hydrogen-bond donors (Lipinski definition) is 1. The highest BCUT2D eigenvalue weighted by atomic mass is 16.5. The Balaban J connectivity index is 1.69. The number of rotatable bonds is 7. The van der Waals surface area contributed by atoms with Crippen LogP contribution in [0.1, 0.15) is 27.6 Å². The van der Waals surface area contributed by atoms with E-state index in [1.807, 2.05) is 0 Å². The van der Waals surface area contributed by atoms with Crippen LogP contribution in [0.4, 0.5) is 0 Å². The standard InChI is InChI=1S/C19H19NO5/c1-14(25-19(23)16-10-6-3-7-11-16)17(21)20-12-13-24-18(22)15-8-4-2-5-9-15/h2-11,14H,12-13H2,1H3,(H,20,21). The van der Waals surface area contributed by atoms with Crippen LogP contribution in [0.5, 0.6) is 0 Å². The number of nitrogens with one attached hydrogen (secondary N) is 1. The van der Waals surface area contributed by atoms with Gasteiger partial charge in [0.2, 0.25) is 0 Å². The lowest BCUT2D eigenvalue weighted by Gasteiger charge is -2.13. The minimum absolute atomic E-state index is 0.0266. The number of esters is 2. The van der Waals surface area contributed by atoms with E-state index in [1.54, 1.807) is 60.7 Å². The molecule has 0 bridgehead atoms. The van der Waals surface area contributed by atoms with Gasteiger partial charge in [-0.3, -0.25) is 4.79 Å². The molecule has 0 aromatic heterocycles. The SMILES string of the molecule is CC(OC(=O)c1ccccc1)C(=O)NCCOC(=O)c1ccccc1. The molecule has 1 N–H and O–H groups in total. The molecule has 2 aromatic carbocycles. The second kappa shape index (κ2) is 9.22. The van der Waals surface area contributed by atoms with E-state index in [1.165, 1.54) is 6.92 Å². The van der Waals surface area contributed by atoms with Crippen LogP contribution in [-0.4, -0.2) is 37.1 Å². The summed E-state index contributed by atoms with van der Waals surface area (Å²) in [7, 11) is 0. The van der Waals surface area contributed by atoms with Gasteiger partial charge in [-0.2, -0.15) is 0 Å². The minimum Gasteiger partial charge on any atom is -0.460 e. The first kappa shape index (κ1) is 18.2. The van der Waals surface area contributed by atoms with Crippen LogP contribution in [0.25, 0.3) is 0 Å². The van der Waals surface area contributed by atoms with Crippen molar-refractivity contribution in [2.75, 3.05) is 13.2 Å². The largest absolute Gasteiger partial charge is 0.460 e. The fraction of sp³-hybridized carbons (Fsp3) is 0.211. The molecule has 0 aliphatic heterocycles. The zero-order valence-electron chi connectivity index (χ0n) is 13.8. The molecule has 2 rings (SSSR count). The predicted molar refractivity (Wildman–Crippen MR) is 91.1 cm³/mol. The maximum atomic E-state index is 11.9. The van der Waals surface area contributed by atoms with Crippen molar-refractivity contribution >= 4 is 17.8 Å². The van der Waals surface area contributed by atoms with Crippen LogP contribution < -0.4 is 5.32 Å². The summed E-state index contributed by atoms with van der Waals surface area (Å²) in [6.07, 6.45) is -0.947. The van der Waals surface area contributed by atoms with E-state index in [0.29, 0.717) is 11.1 Å². The Kier molecular flexibility index (Phi) is 6.71. The number of benzene rings is 2. The summed E-state index contributed by atoms with van der Waals surface area (Å²) in [5.74, 6) is -1.49. The van der Waals surface area contributed by atoms with Gasteiger partial charge in [0, 0.05) is 0 Å². The van der Waals surface area contributed by atoms with Gasteiger partial charge >= 0.3 is 11.9 Å². The Bertz CT molecular complexity index is 715. The van der Waals surface area contributed by atoms with Gasteiger partial charge in [-0.25, -0.2) is 9.59 Å². The van der Waals surface area contributed by atoms with Gasteiger partial charge < -0.3 is 14.8 Å². The molecule has 130 valence electrons. The zero-order valence-corrected chi connectivity index (χ0v) is 13.8. The van der Waals surface area contributed by atoms with Crippen LogP contribution in [0, 0.1) is 0 Å². The molecular formula is C19H19NO5. The number of ether oxygens (including phenoxy) is 2. The lowest BCUT2D eigenvalue weighted by Crippen LogP contribution is -2.37. The third-order valence-corrected chi connectivity index (χ3v) is 3.31. The minimum atomic E-state index is -0.947. The maximum absolute atomic E-state index is 11.9. The third kappa shape index (κ3) is 5.76. The van der Waals surface area contributed by atoms with E-state index < -0.39 is 23.9 Å². The van der Waals surface area contributed by atoms with Gasteiger partial charge in [0.1, 0.15) is 6.61 Å². The van der Waals surface area contributed by atoms with E-state index in [9.17, 15) is 14.4 Å². The fourth-order valence-electron chi connectivity index (χ4n) is 1.98. The first-order valence-electron chi connectivity index (χ1n) is 7.84. The summed E-state index contributed by atoms with van der Waals surface area (Å²) in [5.41, 5.74) is 0.818. The smallest absolute Gasteiger partial charge is 0.338 e. The Morgan fingerprint density at radius 2 is 1.40 bits per heavy atom. The summed E-state index contributed by atoms with van der Waals surface area (Å²) in [4.78, 5) is 35.5. The summed E-state index contributed by atoms with van der Waals surface area (Å²) < 4.78 is 10.1. The summed E-state index contributed by atoms with van der Waals surface area (Å²) in [6, 6.07) is 17.0. The molecular weight excluding hydrogens is 322 g/mol. The van der Waals surface area contributed by atoms with E-state index >= 15 is 0 Å². The molecule has 0 spiro atoms. The Morgan fingerprint density at radius 1 is 0.880 bits per heavy atom. The van der Waals surface area contributed by atoms with Crippen molar-refractivity contribution in [1.29, 1.82) is 0 Å². The van der Waals surface area contributed by atoms with Crippen molar-refractivity contribution in [3.8, 4) is 0 Å². The Morgan fingerprint density at radius 3 is 1.96 bits per heavy atom. The van der Waals surface area contributed by atoms with Gasteiger partial charge in [0.25, 0.3) is 5.91 Å². The summed E-state index contributed by atoms with van der Waals surface area (Å²) in [6.45, 7) is 1.63. The van der Waals surface area contributed by atoms with Crippen molar-refractivity contribution in [2.45, 2.75) is 13.0 Å². The third-order valence-electron chi connectivity index (χ3n) is 3.31. The molecule has 1 amide bonds. The highest BCUT2D eigenvalue weighted by Gasteiger charge is 2.18. The normalized spacial score (nSPS) is 11.2.